The smallest absolute Gasteiger partial charge is 0.417 e. The first kappa shape index (κ1) is 14.2. The van der Waals surface area contributed by atoms with Gasteiger partial charge in [0.15, 0.2) is 0 Å². The Bertz CT molecular complexity index is 387. The van der Waals surface area contributed by atoms with E-state index in [0.29, 0.717) is 18.6 Å². The number of benzene rings is 1. The van der Waals surface area contributed by atoms with Gasteiger partial charge in [-0.3, -0.25) is 0 Å². The first-order chi connectivity index (χ1) is 8.77. The van der Waals surface area contributed by atoms with Crippen molar-refractivity contribution in [3.8, 4) is 0 Å². The normalized spacial score (nSPS) is 9.83. The van der Waals surface area contributed by atoms with Crippen molar-refractivity contribution in [3.05, 3.63) is 35.4 Å². The molecule has 0 N–H and O–H groups in total. The number of hydrogen-bond donors (Lipinski definition) is 0. The molecule has 0 aromatic heterocycles. The van der Waals surface area contributed by atoms with Gasteiger partial charge in [-0.25, -0.2) is 9.59 Å². The number of unbranched alkanes of at least 4 members (excludes halogenated alkanes) is 1. The fraction of sp³-hybridized carbons (Fsp3) is 0.429. The zero-order valence-electron chi connectivity index (χ0n) is 10.5. The van der Waals surface area contributed by atoms with Crippen LogP contribution in [-0.4, -0.2) is 25.7 Å². The molecular formula is C14H17O4. The van der Waals surface area contributed by atoms with Gasteiger partial charge in [0.1, 0.15) is 0 Å². The van der Waals surface area contributed by atoms with Gasteiger partial charge in [-0.15, -0.1) is 0 Å². The maximum atomic E-state index is 11.7. The summed E-state index contributed by atoms with van der Waals surface area (Å²) in [5.74, 6) is -0.312. The summed E-state index contributed by atoms with van der Waals surface area (Å²) < 4.78 is 9.61. The SMILES string of the molecule is CCCCOC(=O)c1cccc(CCO[C]=O)c1. The van der Waals surface area contributed by atoms with Crippen molar-refractivity contribution in [3.63, 3.8) is 0 Å². The van der Waals surface area contributed by atoms with Crippen molar-refractivity contribution >= 4 is 12.4 Å². The minimum Gasteiger partial charge on any atom is -0.462 e. The maximum Gasteiger partial charge on any atom is 0.417 e. The van der Waals surface area contributed by atoms with Crippen molar-refractivity contribution in [2.45, 2.75) is 26.2 Å². The lowest BCUT2D eigenvalue weighted by Gasteiger charge is -2.05. The van der Waals surface area contributed by atoms with Crippen LogP contribution in [0.4, 0.5) is 0 Å². The summed E-state index contributed by atoms with van der Waals surface area (Å²) >= 11 is 0. The van der Waals surface area contributed by atoms with Crippen LogP contribution < -0.4 is 0 Å². The van der Waals surface area contributed by atoms with Crippen LogP contribution in [0, 0.1) is 0 Å². The lowest BCUT2D eigenvalue weighted by Crippen LogP contribution is -2.07. The molecule has 0 heterocycles. The molecule has 0 saturated heterocycles. The average Bonchev–Trinajstić information content (AvgIpc) is 2.39. The van der Waals surface area contributed by atoms with Crippen LogP contribution in [0.25, 0.3) is 0 Å². The predicted octanol–water partition coefficient (Wildman–Crippen LogP) is 2.27. The van der Waals surface area contributed by atoms with Crippen LogP contribution in [-0.2, 0) is 20.7 Å². The topological polar surface area (TPSA) is 52.6 Å². The van der Waals surface area contributed by atoms with E-state index in [1.807, 2.05) is 13.0 Å². The second kappa shape index (κ2) is 8.28. The molecule has 0 aliphatic carbocycles. The molecular weight excluding hydrogens is 232 g/mol. The van der Waals surface area contributed by atoms with E-state index in [-0.39, 0.29) is 12.6 Å². The van der Waals surface area contributed by atoms with Crippen molar-refractivity contribution in [2.24, 2.45) is 0 Å². The molecule has 0 spiro atoms. The minimum absolute atomic E-state index is 0.262. The molecule has 0 aliphatic heterocycles. The van der Waals surface area contributed by atoms with Crippen LogP contribution in [0.2, 0.25) is 0 Å². The number of carbonyl (C=O) groups is 1. The molecule has 97 valence electrons. The molecule has 4 heteroatoms. The van der Waals surface area contributed by atoms with Crippen molar-refractivity contribution < 1.29 is 19.1 Å². The molecule has 18 heavy (non-hydrogen) atoms. The monoisotopic (exact) mass is 249 g/mol. The van der Waals surface area contributed by atoms with E-state index in [2.05, 4.69) is 4.74 Å². The van der Waals surface area contributed by atoms with Crippen LogP contribution in [0.3, 0.4) is 0 Å². The molecule has 1 rings (SSSR count). The van der Waals surface area contributed by atoms with Gasteiger partial charge in [-0.05, 0) is 24.1 Å². The summed E-state index contributed by atoms with van der Waals surface area (Å²) in [6, 6.07) is 7.13. The molecule has 4 nitrogen and oxygen atoms in total. The van der Waals surface area contributed by atoms with E-state index in [9.17, 15) is 9.59 Å². The van der Waals surface area contributed by atoms with Gasteiger partial charge >= 0.3 is 12.4 Å². The predicted molar refractivity (Wildman–Crippen MR) is 67.0 cm³/mol. The highest BCUT2D eigenvalue weighted by Gasteiger charge is 2.07. The molecule has 0 bridgehead atoms. The number of carbonyl (C=O) groups excluding carboxylic acids is 2. The maximum absolute atomic E-state index is 11.7. The Labute approximate surface area is 107 Å². The Balaban J connectivity index is 2.52. The second-order valence-electron chi connectivity index (χ2n) is 3.87. The van der Waals surface area contributed by atoms with E-state index < -0.39 is 0 Å². The molecule has 1 aromatic rings. The van der Waals surface area contributed by atoms with Crippen molar-refractivity contribution in [2.75, 3.05) is 13.2 Å². The highest BCUT2D eigenvalue weighted by molar-refractivity contribution is 5.89. The highest BCUT2D eigenvalue weighted by Crippen LogP contribution is 2.08. The fourth-order valence-corrected chi connectivity index (χ4v) is 1.46. The number of hydrogen-bond acceptors (Lipinski definition) is 4. The van der Waals surface area contributed by atoms with Gasteiger partial charge in [0.05, 0.1) is 18.8 Å². The van der Waals surface area contributed by atoms with Crippen LogP contribution in [0.15, 0.2) is 24.3 Å². The lowest BCUT2D eigenvalue weighted by molar-refractivity contribution is 0.0499. The van der Waals surface area contributed by atoms with Crippen LogP contribution in [0.1, 0.15) is 35.7 Å². The molecule has 0 fully saturated rings. The molecule has 0 amide bonds. The number of rotatable bonds is 8. The van der Waals surface area contributed by atoms with Gasteiger partial charge in [0.25, 0.3) is 0 Å². The summed E-state index contributed by atoms with van der Waals surface area (Å²) in [5, 5.41) is 0. The average molecular weight is 249 g/mol. The third-order valence-corrected chi connectivity index (χ3v) is 2.45. The third kappa shape index (κ3) is 4.99. The summed E-state index contributed by atoms with van der Waals surface area (Å²) in [6.45, 7) is 4.12. The van der Waals surface area contributed by atoms with Crippen molar-refractivity contribution in [1.82, 2.24) is 0 Å². The van der Waals surface area contributed by atoms with E-state index in [1.165, 1.54) is 6.47 Å². The molecule has 1 radical (unpaired) electrons. The van der Waals surface area contributed by atoms with E-state index in [0.717, 1.165) is 18.4 Å². The van der Waals surface area contributed by atoms with E-state index in [4.69, 9.17) is 4.74 Å². The number of ether oxygens (including phenoxy) is 2. The highest BCUT2D eigenvalue weighted by atomic mass is 16.5. The van der Waals surface area contributed by atoms with Gasteiger partial charge in [-0.1, -0.05) is 25.5 Å². The van der Waals surface area contributed by atoms with Gasteiger partial charge in [-0.2, -0.15) is 0 Å². The second-order valence-corrected chi connectivity index (χ2v) is 3.87. The Morgan fingerprint density at radius 3 is 2.89 bits per heavy atom. The Morgan fingerprint density at radius 2 is 2.17 bits per heavy atom. The molecule has 0 unspecified atom stereocenters. The Kier molecular flexibility index (Phi) is 6.54. The first-order valence-electron chi connectivity index (χ1n) is 6.03. The first-order valence-corrected chi connectivity index (χ1v) is 6.03. The van der Waals surface area contributed by atoms with E-state index in [1.54, 1.807) is 18.2 Å². The molecule has 1 aromatic carbocycles. The van der Waals surface area contributed by atoms with Crippen LogP contribution in [0.5, 0.6) is 0 Å². The summed E-state index contributed by atoms with van der Waals surface area (Å²) in [5.41, 5.74) is 1.45. The molecule has 0 aliphatic rings. The van der Waals surface area contributed by atoms with Gasteiger partial charge in [0, 0.05) is 6.42 Å². The fourth-order valence-electron chi connectivity index (χ4n) is 1.46. The Morgan fingerprint density at radius 1 is 1.33 bits per heavy atom. The summed E-state index contributed by atoms with van der Waals surface area (Å²) in [4.78, 5) is 21.6. The van der Waals surface area contributed by atoms with Crippen molar-refractivity contribution in [1.29, 1.82) is 0 Å². The molecule has 0 saturated carbocycles. The Hall–Kier alpha value is -1.84. The minimum atomic E-state index is -0.312. The van der Waals surface area contributed by atoms with Gasteiger partial charge in [0.2, 0.25) is 0 Å². The molecule has 0 atom stereocenters. The summed E-state index contributed by atoms with van der Waals surface area (Å²) in [6.07, 6.45) is 2.42. The number of esters is 1. The lowest BCUT2D eigenvalue weighted by atomic mass is 10.1. The third-order valence-electron chi connectivity index (χ3n) is 2.45. The van der Waals surface area contributed by atoms with Crippen LogP contribution >= 0.6 is 0 Å². The zero-order chi connectivity index (χ0) is 13.2. The largest absolute Gasteiger partial charge is 0.462 e. The zero-order valence-corrected chi connectivity index (χ0v) is 10.5. The standard InChI is InChI=1S/C14H17O4/c1-2-3-8-18-14(16)13-6-4-5-12(10-13)7-9-17-11-15/h4-6,10H,2-3,7-9H2,1H3. The van der Waals surface area contributed by atoms with E-state index >= 15 is 0 Å². The van der Waals surface area contributed by atoms with Gasteiger partial charge < -0.3 is 9.47 Å². The quantitative estimate of drug-likeness (QED) is 0.524. The summed E-state index contributed by atoms with van der Waals surface area (Å²) in [7, 11) is 0.